The van der Waals surface area contributed by atoms with Gasteiger partial charge in [0.15, 0.2) is 0 Å². The third kappa shape index (κ3) is 2.96. The average Bonchev–Trinajstić information content (AvgIpc) is 3.19. The molecule has 3 rings (SSSR count). The second-order valence-electron chi connectivity index (χ2n) is 4.06. The van der Waals surface area contributed by atoms with Gasteiger partial charge in [-0.05, 0) is 18.4 Å². The second kappa shape index (κ2) is 5.54. The van der Waals surface area contributed by atoms with Gasteiger partial charge < -0.3 is 0 Å². The molecule has 3 aromatic heterocycles. The smallest absolute Gasteiger partial charge is 0.266 e. The van der Waals surface area contributed by atoms with E-state index in [2.05, 4.69) is 20.0 Å². The first-order valence-electron chi connectivity index (χ1n) is 6.00. The molecule has 0 aromatic carbocycles. The molecule has 0 fully saturated rings. The van der Waals surface area contributed by atoms with Crippen molar-refractivity contribution in [2.45, 2.75) is 18.4 Å². The summed E-state index contributed by atoms with van der Waals surface area (Å²) in [6.07, 6.45) is 2.79. The van der Waals surface area contributed by atoms with E-state index in [1.807, 2.05) is 23.8 Å². The van der Waals surface area contributed by atoms with Gasteiger partial charge >= 0.3 is 0 Å². The number of hydrogen-bond donors (Lipinski definition) is 1. The Morgan fingerprint density at radius 2 is 2.24 bits per heavy atom. The van der Waals surface area contributed by atoms with E-state index < -0.39 is 10.0 Å². The topological polar surface area (TPSA) is 89.8 Å². The molecule has 0 atom stereocenters. The highest BCUT2D eigenvalue weighted by Gasteiger charge is 2.19. The van der Waals surface area contributed by atoms with Gasteiger partial charge in [0, 0.05) is 23.7 Å². The van der Waals surface area contributed by atoms with Crippen LogP contribution in [0.5, 0.6) is 0 Å². The Morgan fingerprint density at radius 3 is 2.90 bits per heavy atom. The predicted octanol–water partition coefficient (Wildman–Crippen LogP) is 2.28. The van der Waals surface area contributed by atoms with E-state index in [1.54, 1.807) is 16.0 Å². The molecule has 0 saturated heterocycles. The van der Waals surface area contributed by atoms with Crippen LogP contribution in [0.25, 0.3) is 10.6 Å². The summed E-state index contributed by atoms with van der Waals surface area (Å²) < 4.78 is 28.4. The van der Waals surface area contributed by atoms with Crippen LogP contribution in [0.15, 0.2) is 34.1 Å². The van der Waals surface area contributed by atoms with Crippen LogP contribution in [0.4, 0.5) is 5.13 Å². The molecule has 1 N–H and O–H groups in total. The molecule has 10 heteroatoms. The molecule has 0 unspecified atom stereocenters. The quantitative estimate of drug-likeness (QED) is 0.769. The maximum atomic E-state index is 12.2. The minimum absolute atomic E-state index is 0.108. The first-order valence-corrected chi connectivity index (χ1v) is 9.24. The van der Waals surface area contributed by atoms with Crippen LogP contribution in [0, 0.1) is 0 Å². The molecule has 0 saturated carbocycles. The number of nitrogens with one attached hydrogen (secondary N) is 1. The van der Waals surface area contributed by atoms with Crippen LogP contribution < -0.4 is 4.72 Å². The lowest BCUT2D eigenvalue weighted by atomic mass is 10.4. The van der Waals surface area contributed by atoms with Gasteiger partial charge in [-0.25, -0.2) is 8.42 Å². The van der Waals surface area contributed by atoms with E-state index in [9.17, 15) is 8.42 Å². The van der Waals surface area contributed by atoms with Gasteiger partial charge in [0.25, 0.3) is 10.0 Å². The largest absolute Gasteiger partial charge is 0.272 e. The summed E-state index contributed by atoms with van der Waals surface area (Å²) in [5.41, 5.74) is 0.932. The lowest BCUT2D eigenvalue weighted by Crippen LogP contribution is -2.12. The van der Waals surface area contributed by atoms with Gasteiger partial charge in [-0.3, -0.25) is 9.40 Å². The molecule has 3 heterocycles. The summed E-state index contributed by atoms with van der Waals surface area (Å²) in [7, 11) is -3.68. The van der Waals surface area contributed by atoms with Crippen molar-refractivity contribution in [3.05, 3.63) is 29.2 Å². The van der Waals surface area contributed by atoms with E-state index in [0.29, 0.717) is 11.6 Å². The van der Waals surface area contributed by atoms with Gasteiger partial charge in [-0.15, -0.1) is 10.2 Å². The zero-order valence-corrected chi connectivity index (χ0v) is 13.4. The van der Waals surface area contributed by atoms with Crippen LogP contribution in [0.1, 0.15) is 6.92 Å². The molecule has 0 amide bonds. The average molecular weight is 341 g/mol. The van der Waals surface area contributed by atoms with Gasteiger partial charge in [0.05, 0.1) is 6.20 Å². The summed E-state index contributed by atoms with van der Waals surface area (Å²) in [5.74, 6) is 0. The molecule has 3 aromatic rings. The molecule has 0 radical (unpaired) electrons. The molecular formula is C11H11N5O2S3. The third-order valence-electron chi connectivity index (χ3n) is 2.66. The lowest BCUT2D eigenvalue weighted by Gasteiger charge is -2.00. The number of hydrogen-bond acceptors (Lipinski definition) is 7. The van der Waals surface area contributed by atoms with E-state index in [4.69, 9.17) is 0 Å². The van der Waals surface area contributed by atoms with Crippen LogP contribution in [-0.2, 0) is 16.6 Å². The number of nitrogens with zero attached hydrogens (tertiary/aromatic N) is 4. The predicted molar refractivity (Wildman–Crippen MR) is 81.9 cm³/mol. The SMILES string of the molecule is CCn1cc(S(=O)(=O)Nc2nnc(-c3ccsc3)s2)cn1. The van der Waals surface area contributed by atoms with E-state index in [0.717, 1.165) is 5.56 Å². The molecule has 0 aliphatic carbocycles. The third-order valence-corrected chi connectivity index (χ3v) is 5.65. The number of anilines is 1. The number of sulfonamides is 1. The molecular weight excluding hydrogens is 330 g/mol. The van der Waals surface area contributed by atoms with Gasteiger partial charge in [-0.2, -0.15) is 16.4 Å². The lowest BCUT2D eigenvalue weighted by molar-refractivity contribution is 0.600. The van der Waals surface area contributed by atoms with Crippen molar-refractivity contribution >= 4 is 37.8 Å². The highest BCUT2D eigenvalue weighted by atomic mass is 32.2. The highest BCUT2D eigenvalue weighted by Crippen LogP contribution is 2.28. The van der Waals surface area contributed by atoms with Crippen molar-refractivity contribution in [3.8, 4) is 10.6 Å². The summed E-state index contributed by atoms with van der Waals surface area (Å²) in [4.78, 5) is 0.108. The highest BCUT2D eigenvalue weighted by molar-refractivity contribution is 7.93. The van der Waals surface area contributed by atoms with Gasteiger partial charge in [0.2, 0.25) is 5.13 Å². The van der Waals surface area contributed by atoms with Crippen LogP contribution in [0.3, 0.4) is 0 Å². The number of rotatable bonds is 5. The fourth-order valence-electron chi connectivity index (χ4n) is 1.60. The Morgan fingerprint density at radius 1 is 1.38 bits per heavy atom. The second-order valence-corrected chi connectivity index (χ2v) is 7.50. The maximum absolute atomic E-state index is 12.2. The molecule has 7 nitrogen and oxygen atoms in total. The molecule has 0 spiro atoms. The maximum Gasteiger partial charge on any atom is 0.266 e. The normalized spacial score (nSPS) is 11.7. The number of aryl methyl sites for hydroxylation is 1. The molecule has 0 aliphatic heterocycles. The van der Waals surface area contributed by atoms with E-state index >= 15 is 0 Å². The van der Waals surface area contributed by atoms with Crippen LogP contribution in [-0.4, -0.2) is 28.4 Å². The number of aromatic nitrogens is 4. The summed E-state index contributed by atoms with van der Waals surface area (Å²) in [6, 6.07) is 1.91. The Kier molecular flexibility index (Phi) is 3.74. The van der Waals surface area contributed by atoms with Crippen LogP contribution >= 0.6 is 22.7 Å². The van der Waals surface area contributed by atoms with E-state index in [-0.39, 0.29) is 10.0 Å². The van der Waals surface area contributed by atoms with Crippen LogP contribution in [0.2, 0.25) is 0 Å². The van der Waals surface area contributed by atoms with Gasteiger partial charge in [-0.1, -0.05) is 11.3 Å². The monoisotopic (exact) mass is 341 g/mol. The van der Waals surface area contributed by atoms with Crippen molar-refractivity contribution < 1.29 is 8.42 Å². The van der Waals surface area contributed by atoms with E-state index in [1.165, 1.54) is 23.7 Å². The first-order chi connectivity index (χ1) is 10.1. The van der Waals surface area contributed by atoms with Crippen molar-refractivity contribution in [3.63, 3.8) is 0 Å². The Balaban J connectivity index is 1.82. The Bertz CT molecular complexity index is 835. The zero-order chi connectivity index (χ0) is 14.9. The van der Waals surface area contributed by atoms with Crippen molar-refractivity contribution in [1.82, 2.24) is 20.0 Å². The molecule has 0 aliphatic rings. The Labute approximate surface area is 129 Å². The molecule has 0 bridgehead atoms. The molecule has 21 heavy (non-hydrogen) atoms. The van der Waals surface area contributed by atoms with Gasteiger partial charge in [0.1, 0.15) is 9.90 Å². The van der Waals surface area contributed by atoms with Crippen molar-refractivity contribution in [2.24, 2.45) is 0 Å². The minimum atomic E-state index is -3.68. The fraction of sp³-hybridized carbons (Fsp3) is 0.182. The summed E-state index contributed by atoms with van der Waals surface area (Å²) in [5, 5.41) is 16.6. The summed E-state index contributed by atoms with van der Waals surface area (Å²) in [6.45, 7) is 2.49. The van der Waals surface area contributed by atoms with Crippen molar-refractivity contribution in [2.75, 3.05) is 4.72 Å². The summed E-state index contributed by atoms with van der Waals surface area (Å²) >= 11 is 2.74. The minimum Gasteiger partial charge on any atom is -0.272 e. The number of thiophene rings is 1. The molecule has 110 valence electrons. The zero-order valence-electron chi connectivity index (χ0n) is 10.9. The van der Waals surface area contributed by atoms with Crippen molar-refractivity contribution in [1.29, 1.82) is 0 Å². The Hall–Kier alpha value is -1.78. The first kappa shape index (κ1) is 14.2. The standard InChI is InChI=1S/C11H11N5O2S3/c1-2-16-6-9(5-12-16)21(17,18)15-11-14-13-10(20-11)8-3-4-19-7-8/h3-7H,2H2,1H3,(H,14,15). The fourth-order valence-corrected chi connectivity index (χ4v) is 4.23.